The summed E-state index contributed by atoms with van der Waals surface area (Å²) in [6.07, 6.45) is 0. The van der Waals surface area contributed by atoms with Crippen LogP contribution in [0, 0.1) is 6.92 Å². The van der Waals surface area contributed by atoms with E-state index in [1.54, 1.807) is 24.3 Å². The van der Waals surface area contributed by atoms with Crippen molar-refractivity contribution in [1.29, 1.82) is 0 Å². The molecule has 0 heterocycles. The van der Waals surface area contributed by atoms with Crippen LogP contribution in [0.1, 0.15) is 26.7 Å². The Morgan fingerprint density at radius 3 is 2.03 bits per heavy atom. The first-order valence-electron chi connectivity index (χ1n) is 11.7. The average molecular weight is 513 g/mol. The third-order valence-electron chi connectivity index (χ3n) is 5.66. The predicted molar refractivity (Wildman–Crippen MR) is 149 cm³/mol. The molecule has 0 aliphatic rings. The number of thioether (sulfide) groups is 1. The van der Waals surface area contributed by atoms with Crippen molar-refractivity contribution in [2.24, 2.45) is 0 Å². The molecule has 0 aliphatic carbocycles. The maximum absolute atomic E-state index is 13.4. The van der Waals surface area contributed by atoms with E-state index in [9.17, 15) is 9.59 Å². The first kappa shape index (κ1) is 25.9. The molecule has 0 aliphatic heterocycles. The maximum atomic E-state index is 13.4. The Kier molecular flexibility index (Phi) is 8.48. The number of aryl methyl sites for hydroxylation is 1. The van der Waals surface area contributed by atoms with Crippen molar-refractivity contribution >= 4 is 35.0 Å². The molecular weight excluding hydrogens is 484 g/mol. The lowest BCUT2D eigenvalue weighted by molar-refractivity contribution is -0.115. The van der Waals surface area contributed by atoms with Gasteiger partial charge in [-0.15, -0.1) is 11.8 Å². The number of carbonyl (C=O) groups excluding carboxylic acids is 2. The molecule has 6 nitrogen and oxygen atoms in total. The van der Waals surface area contributed by atoms with E-state index in [2.05, 4.69) is 10.6 Å². The molecule has 0 radical (unpaired) electrons. The quantitative estimate of drug-likeness (QED) is 0.243. The number of benzene rings is 4. The number of rotatable bonds is 9. The molecule has 188 valence electrons. The van der Waals surface area contributed by atoms with Crippen LogP contribution >= 0.6 is 11.8 Å². The maximum Gasteiger partial charge on any atom is 0.263 e. The third-order valence-corrected chi connectivity index (χ3v) is 6.91. The van der Waals surface area contributed by atoms with Crippen LogP contribution in [0.15, 0.2) is 102 Å². The summed E-state index contributed by atoms with van der Waals surface area (Å²) in [6.45, 7) is 2.00. The monoisotopic (exact) mass is 512 g/mol. The molecule has 4 aromatic rings. The number of hydrogen-bond donors (Lipinski definition) is 2. The van der Waals surface area contributed by atoms with E-state index >= 15 is 0 Å². The standard InChI is InChI=1S/C30H28N2O4S/c1-20-15-17-22(18-16-20)31-30(34)28(21-9-5-4-6-10-21)37-24-12-7-11-23(19-24)32-29(33)27-25(35-2)13-8-14-26(27)36-3/h4-19,28H,1-3H3,(H,31,34)(H,32,33). The molecule has 0 aromatic heterocycles. The van der Waals surface area contributed by atoms with Crippen LogP contribution in [0.5, 0.6) is 11.5 Å². The Morgan fingerprint density at radius 2 is 1.38 bits per heavy atom. The molecule has 1 atom stereocenters. The second kappa shape index (κ2) is 12.1. The fourth-order valence-corrected chi connectivity index (χ4v) is 4.88. The highest BCUT2D eigenvalue weighted by Gasteiger charge is 2.23. The van der Waals surface area contributed by atoms with Gasteiger partial charge in [0.1, 0.15) is 22.3 Å². The number of methoxy groups -OCH3 is 2. The van der Waals surface area contributed by atoms with Gasteiger partial charge in [0, 0.05) is 16.3 Å². The van der Waals surface area contributed by atoms with Crippen LogP contribution in [0.2, 0.25) is 0 Å². The minimum atomic E-state index is -0.497. The molecule has 7 heteroatoms. The molecule has 2 N–H and O–H groups in total. The summed E-state index contributed by atoms with van der Waals surface area (Å²) in [6, 6.07) is 29.9. The molecule has 0 saturated carbocycles. The molecule has 37 heavy (non-hydrogen) atoms. The number of anilines is 2. The SMILES string of the molecule is COc1cccc(OC)c1C(=O)Nc1cccc(SC(C(=O)Nc2ccc(C)cc2)c2ccccc2)c1. The summed E-state index contributed by atoms with van der Waals surface area (Å²) in [4.78, 5) is 27.3. The van der Waals surface area contributed by atoms with Gasteiger partial charge in [0.2, 0.25) is 5.91 Å². The van der Waals surface area contributed by atoms with Gasteiger partial charge < -0.3 is 20.1 Å². The lowest BCUT2D eigenvalue weighted by Crippen LogP contribution is -2.19. The van der Waals surface area contributed by atoms with Gasteiger partial charge in [0.25, 0.3) is 5.91 Å². The summed E-state index contributed by atoms with van der Waals surface area (Å²) >= 11 is 1.41. The fourth-order valence-electron chi connectivity index (χ4n) is 3.80. The minimum Gasteiger partial charge on any atom is -0.496 e. The van der Waals surface area contributed by atoms with Crippen LogP contribution in [-0.4, -0.2) is 26.0 Å². The number of ether oxygens (including phenoxy) is 2. The first-order chi connectivity index (χ1) is 18.0. The van der Waals surface area contributed by atoms with E-state index in [4.69, 9.17) is 9.47 Å². The van der Waals surface area contributed by atoms with Crippen LogP contribution in [0.4, 0.5) is 11.4 Å². The minimum absolute atomic E-state index is 0.131. The van der Waals surface area contributed by atoms with Crippen LogP contribution in [-0.2, 0) is 4.79 Å². The van der Waals surface area contributed by atoms with Crippen molar-refractivity contribution in [3.63, 3.8) is 0 Å². The van der Waals surface area contributed by atoms with Gasteiger partial charge >= 0.3 is 0 Å². The zero-order valence-electron chi connectivity index (χ0n) is 20.9. The average Bonchev–Trinajstić information content (AvgIpc) is 2.93. The van der Waals surface area contributed by atoms with Crippen LogP contribution in [0.25, 0.3) is 0 Å². The largest absolute Gasteiger partial charge is 0.496 e. The normalized spacial score (nSPS) is 11.3. The van der Waals surface area contributed by atoms with Crippen LogP contribution in [0.3, 0.4) is 0 Å². The van der Waals surface area contributed by atoms with Gasteiger partial charge in [-0.3, -0.25) is 9.59 Å². The molecular formula is C30H28N2O4S. The van der Waals surface area contributed by atoms with Crippen molar-refractivity contribution in [1.82, 2.24) is 0 Å². The Hall–Kier alpha value is -4.23. The van der Waals surface area contributed by atoms with E-state index in [-0.39, 0.29) is 11.8 Å². The van der Waals surface area contributed by atoms with Crippen molar-refractivity contribution in [2.75, 3.05) is 24.9 Å². The van der Waals surface area contributed by atoms with E-state index < -0.39 is 5.25 Å². The third kappa shape index (κ3) is 6.51. The van der Waals surface area contributed by atoms with E-state index in [0.29, 0.717) is 22.7 Å². The van der Waals surface area contributed by atoms with Gasteiger partial charge in [0.15, 0.2) is 0 Å². The molecule has 4 aromatic carbocycles. The summed E-state index contributed by atoms with van der Waals surface area (Å²) < 4.78 is 10.7. The van der Waals surface area contributed by atoms with Crippen molar-refractivity contribution in [3.8, 4) is 11.5 Å². The number of nitrogens with one attached hydrogen (secondary N) is 2. The second-order valence-electron chi connectivity index (χ2n) is 8.28. The van der Waals surface area contributed by atoms with Gasteiger partial charge in [-0.1, -0.05) is 60.2 Å². The topological polar surface area (TPSA) is 76.7 Å². The first-order valence-corrected chi connectivity index (χ1v) is 12.6. The Labute approximate surface area is 221 Å². The molecule has 0 fully saturated rings. The van der Waals surface area contributed by atoms with Gasteiger partial charge in [-0.25, -0.2) is 0 Å². The lowest BCUT2D eigenvalue weighted by Gasteiger charge is -2.18. The predicted octanol–water partition coefficient (Wildman–Crippen LogP) is 6.74. The summed E-state index contributed by atoms with van der Waals surface area (Å²) in [5.74, 6) is 0.347. The molecule has 0 bridgehead atoms. The smallest absolute Gasteiger partial charge is 0.263 e. The highest BCUT2D eigenvalue weighted by atomic mass is 32.2. The summed E-state index contributed by atoms with van der Waals surface area (Å²) in [5.41, 5.74) is 3.64. The Bertz CT molecular complexity index is 1350. The Morgan fingerprint density at radius 1 is 0.730 bits per heavy atom. The Balaban J connectivity index is 1.56. The van der Waals surface area contributed by atoms with Crippen molar-refractivity contribution in [3.05, 3.63) is 114 Å². The molecule has 4 rings (SSSR count). The van der Waals surface area contributed by atoms with Crippen molar-refractivity contribution in [2.45, 2.75) is 17.1 Å². The van der Waals surface area contributed by atoms with Crippen LogP contribution < -0.4 is 20.1 Å². The van der Waals surface area contributed by atoms with Gasteiger partial charge in [-0.05, 0) is 55.0 Å². The van der Waals surface area contributed by atoms with E-state index in [1.807, 2.05) is 79.7 Å². The molecule has 1 unspecified atom stereocenters. The molecule has 0 spiro atoms. The highest BCUT2D eigenvalue weighted by molar-refractivity contribution is 8.00. The number of hydrogen-bond acceptors (Lipinski definition) is 5. The molecule has 2 amide bonds. The number of carbonyl (C=O) groups is 2. The fraction of sp³-hybridized carbons (Fsp3) is 0.133. The highest BCUT2D eigenvalue weighted by Crippen LogP contribution is 2.37. The zero-order chi connectivity index (χ0) is 26.2. The lowest BCUT2D eigenvalue weighted by atomic mass is 10.1. The molecule has 0 saturated heterocycles. The summed E-state index contributed by atoms with van der Waals surface area (Å²) in [5, 5.41) is 5.45. The van der Waals surface area contributed by atoms with Crippen molar-refractivity contribution < 1.29 is 19.1 Å². The zero-order valence-corrected chi connectivity index (χ0v) is 21.7. The van der Waals surface area contributed by atoms with Gasteiger partial charge in [0.05, 0.1) is 14.2 Å². The summed E-state index contributed by atoms with van der Waals surface area (Å²) in [7, 11) is 3.02. The van der Waals surface area contributed by atoms with Gasteiger partial charge in [-0.2, -0.15) is 0 Å². The number of amides is 2. The van der Waals surface area contributed by atoms with E-state index in [0.717, 1.165) is 21.7 Å². The second-order valence-corrected chi connectivity index (χ2v) is 9.46. The van der Waals surface area contributed by atoms with E-state index in [1.165, 1.54) is 26.0 Å².